The van der Waals surface area contributed by atoms with Crippen molar-refractivity contribution < 1.29 is 24.0 Å². The first-order valence-corrected chi connectivity index (χ1v) is 14.9. The van der Waals surface area contributed by atoms with Crippen molar-refractivity contribution in [3.05, 3.63) is 156 Å². The van der Waals surface area contributed by atoms with Gasteiger partial charge in [-0.25, -0.2) is 4.90 Å². The molecule has 6 aromatic carbocycles. The number of hydrogen-bond acceptors (Lipinski definition) is 7. The Bertz CT molecular complexity index is 2200. The summed E-state index contributed by atoms with van der Waals surface area (Å²) in [5.74, 6) is -1.25. The van der Waals surface area contributed by atoms with Gasteiger partial charge in [0.15, 0.2) is 0 Å². The van der Waals surface area contributed by atoms with Gasteiger partial charge < -0.3 is 11.1 Å². The highest BCUT2D eigenvalue weighted by molar-refractivity contribution is 6.30. The fourth-order valence-corrected chi connectivity index (χ4v) is 5.45. The number of para-hydroxylation sites is 2. The zero-order valence-electron chi connectivity index (χ0n) is 25.3. The lowest BCUT2D eigenvalue weighted by Gasteiger charge is -2.18. The molecule has 1 radical (unpaired) electrons. The van der Waals surface area contributed by atoms with E-state index < -0.39 is 0 Å². The Labute approximate surface area is 275 Å². The topological polar surface area (TPSA) is 139 Å². The number of fused-ring (bicyclic) bond motifs is 1. The van der Waals surface area contributed by atoms with Gasteiger partial charge in [0, 0.05) is 62.1 Å². The Morgan fingerprint density at radius 3 is 1.79 bits per heavy atom. The van der Waals surface area contributed by atoms with Crippen LogP contribution in [0.25, 0.3) is 21.5 Å². The summed E-state index contributed by atoms with van der Waals surface area (Å²) in [6.45, 7) is 0. The lowest BCUT2D eigenvalue weighted by molar-refractivity contribution is -0.119. The van der Waals surface area contributed by atoms with Crippen molar-refractivity contribution in [2.24, 2.45) is 0 Å². The van der Waals surface area contributed by atoms with Gasteiger partial charge in [0.25, 0.3) is 23.6 Å². The molecule has 0 aromatic heterocycles. The number of nitrogens with zero attached hydrogens (tertiary/aromatic N) is 1. The van der Waals surface area contributed by atoms with Gasteiger partial charge in [-0.2, -0.15) is 0 Å². The van der Waals surface area contributed by atoms with Gasteiger partial charge >= 0.3 is 0 Å². The van der Waals surface area contributed by atoms with E-state index in [4.69, 9.17) is 5.73 Å². The molecule has 9 nitrogen and oxygen atoms in total. The van der Waals surface area contributed by atoms with Crippen LogP contribution in [0, 0.1) is 0 Å². The van der Waals surface area contributed by atoms with Crippen molar-refractivity contribution in [1.82, 2.24) is 5.32 Å². The molecule has 0 unspecified atom stereocenters. The van der Waals surface area contributed by atoms with Crippen molar-refractivity contribution >= 4 is 74.2 Å². The fourth-order valence-electron chi connectivity index (χ4n) is 5.45. The fraction of sp³-hybridized carbons (Fsp3) is 0. The number of nitrogens with two attached hydrogens (primary N) is 1. The lowest BCUT2D eigenvalue weighted by atomic mass is 9.95. The number of nitrogens with one attached hydrogen (secondary N) is 2. The van der Waals surface area contributed by atoms with Gasteiger partial charge in [-0.1, -0.05) is 78.9 Å². The standard InChI is InChI=1S/C20H14N2O2.C12H7NO2.C7H6NO/c23-19-12-13-20(24)22(19)18-11-10-17(15-8-4-5-9-16(15)18)21-14-6-2-1-3-7-14;14-11-8-5-1-3-7-4-2-6-9(10(7)8)12(15)13-11;8-7-4-2-1-3-6(7)5-9/h1-13,21H;1-6H,(H,13,14,15);1-4H,8H2. The van der Waals surface area contributed by atoms with Gasteiger partial charge in [0.2, 0.25) is 6.29 Å². The molecule has 0 atom stereocenters. The summed E-state index contributed by atoms with van der Waals surface area (Å²) < 4.78 is 0. The Balaban J connectivity index is 0.000000142. The third-order valence-electron chi connectivity index (χ3n) is 7.70. The van der Waals surface area contributed by atoms with Crippen LogP contribution in [0.2, 0.25) is 0 Å². The summed E-state index contributed by atoms with van der Waals surface area (Å²) in [5.41, 5.74) is 9.92. The van der Waals surface area contributed by atoms with Crippen LogP contribution in [0.4, 0.5) is 22.7 Å². The number of rotatable bonds is 4. The quantitative estimate of drug-likeness (QED) is 0.150. The van der Waals surface area contributed by atoms with Crippen LogP contribution in [0.15, 0.2) is 140 Å². The number of benzene rings is 6. The molecule has 9 heteroatoms. The van der Waals surface area contributed by atoms with Crippen molar-refractivity contribution in [3.63, 3.8) is 0 Å². The lowest BCUT2D eigenvalue weighted by Crippen LogP contribution is -2.34. The molecule has 4 N–H and O–H groups in total. The molecule has 0 spiro atoms. The van der Waals surface area contributed by atoms with Crippen molar-refractivity contribution in [3.8, 4) is 0 Å². The van der Waals surface area contributed by atoms with Gasteiger partial charge in [-0.15, -0.1) is 0 Å². The van der Waals surface area contributed by atoms with E-state index in [2.05, 4.69) is 10.6 Å². The minimum atomic E-state index is -0.315. The summed E-state index contributed by atoms with van der Waals surface area (Å²) in [6, 6.07) is 39.0. The molecule has 6 aromatic rings. The van der Waals surface area contributed by atoms with Crippen LogP contribution in [-0.4, -0.2) is 29.9 Å². The van der Waals surface area contributed by atoms with Crippen LogP contribution in [0.3, 0.4) is 0 Å². The molecule has 2 aliphatic heterocycles. The second-order valence-corrected chi connectivity index (χ2v) is 10.7. The average Bonchev–Trinajstić information content (AvgIpc) is 3.45. The first-order valence-electron chi connectivity index (χ1n) is 14.9. The van der Waals surface area contributed by atoms with Gasteiger partial charge in [-0.3, -0.25) is 29.3 Å². The molecule has 8 rings (SSSR count). The summed E-state index contributed by atoms with van der Waals surface area (Å²) in [6.07, 6.45) is 4.32. The molecule has 0 bridgehead atoms. The normalized spacial score (nSPS) is 13.0. The van der Waals surface area contributed by atoms with Crippen LogP contribution in [-0.2, 0) is 14.4 Å². The Hall–Kier alpha value is -6.87. The van der Waals surface area contributed by atoms with Gasteiger partial charge in [0.05, 0.1) is 5.69 Å². The Morgan fingerprint density at radius 2 is 1.19 bits per heavy atom. The monoisotopic (exact) mass is 631 g/mol. The number of nitrogen functional groups attached to an aromatic ring is 1. The van der Waals surface area contributed by atoms with Crippen LogP contribution < -0.4 is 21.3 Å². The molecule has 48 heavy (non-hydrogen) atoms. The highest BCUT2D eigenvalue weighted by atomic mass is 16.2. The summed E-state index contributed by atoms with van der Waals surface area (Å²) >= 11 is 0. The van der Waals surface area contributed by atoms with E-state index in [0.717, 1.165) is 32.9 Å². The molecule has 0 saturated heterocycles. The molecule has 233 valence electrons. The molecule has 0 fully saturated rings. The maximum Gasteiger partial charge on any atom is 0.258 e. The third kappa shape index (κ3) is 6.29. The Morgan fingerprint density at radius 1 is 0.604 bits per heavy atom. The van der Waals surface area contributed by atoms with Crippen LogP contribution >= 0.6 is 0 Å². The van der Waals surface area contributed by atoms with Crippen molar-refractivity contribution in [1.29, 1.82) is 0 Å². The largest absolute Gasteiger partial charge is 0.398 e. The highest BCUT2D eigenvalue weighted by Crippen LogP contribution is 2.35. The minimum Gasteiger partial charge on any atom is -0.398 e. The number of hydrogen-bond donors (Lipinski definition) is 3. The molecular formula is C39H27N4O5. The van der Waals surface area contributed by atoms with E-state index in [0.29, 0.717) is 28.1 Å². The van der Waals surface area contributed by atoms with Gasteiger partial charge in [-0.05, 0) is 53.9 Å². The second kappa shape index (κ2) is 13.6. The maximum absolute atomic E-state index is 12.0. The molecule has 0 aliphatic carbocycles. The molecular weight excluding hydrogens is 604 g/mol. The molecule has 2 aliphatic rings. The van der Waals surface area contributed by atoms with E-state index in [1.54, 1.807) is 48.8 Å². The van der Waals surface area contributed by atoms with E-state index >= 15 is 0 Å². The predicted octanol–water partition coefficient (Wildman–Crippen LogP) is 6.46. The number of carbonyl (C=O) groups excluding carboxylic acids is 5. The number of imide groups is 2. The maximum atomic E-state index is 12.0. The van der Waals surface area contributed by atoms with E-state index in [9.17, 15) is 24.0 Å². The first kappa shape index (κ1) is 31.1. The highest BCUT2D eigenvalue weighted by Gasteiger charge is 2.27. The van der Waals surface area contributed by atoms with Crippen LogP contribution in [0.5, 0.6) is 0 Å². The molecule has 2 heterocycles. The SMILES string of the molecule is Nc1ccccc1[C]=O.O=C1C=CC(=O)N1c1ccc(Nc2ccccc2)c2ccccc12.O=C1NC(=O)c2cccc3cccc1c23. The molecule has 0 saturated carbocycles. The first-order chi connectivity index (χ1) is 23.4. The van der Waals surface area contributed by atoms with E-state index in [1.807, 2.05) is 84.9 Å². The van der Waals surface area contributed by atoms with E-state index in [-0.39, 0.29) is 23.6 Å². The van der Waals surface area contributed by atoms with Gasteiger partial charge in [0.1, 0.15) is 0 Å². The number of carbonyl (C=O) groups is 4. The second-order valence-electron chi connectivity index (χ2n) is 10.7. The minimum absolute atomic E-state index is 0.311. The zero-order valence-corrected chi connectivity index (χ0v) is 25.3. The van der Waals surface area contributed by atoms with Crippen LogP contribution in [0.1, 0.15) is 26.3 Å². The zero-order chi connectivity index (χ0) is 33.6. The smallest absolute Gasteiger partial charge is 0.258 e. The average molecular weight is 632 g/mol. The number of amides is 4. The molecule has 4 amide bonds. The Kier molecular flexibility index (Phi) is 8.84. The summed E-state index contributed by atoms with van der Waals surface area (Å²) in [5, 5.41) is 9.18. The summed E-state index contributed by atoms with van der Waals surface area (Å²) in [4.78, 5) is 58.3. The van der Waals surface area contributed by atoms with E-state index in [1.165, 1.54) is 17.1 Å². The number of anilines is 4. The summed E-state index contributed by atoms with van der Waals surface area (Å²) in [7, 11) is 0. The van der Waals surface area contributed by atoms with Crippen molar-refractivity contribution in [2.45, 2.75) is 0 Å². The third-order valence-corrected chi connectivity index (χ3v) is 7.70. The predicted molar refractivity (Wildman–Crippen MR) is 187 cm³/mol. The van der Waals surface area contributed by atoms with Crippen molar-refractivity contribution in [2.75, 3.05) is 16.0 Å².